The second-order valence-electron chi connectivity index (χ2n) is 4.39. The van der Waals surface area contributed by atoms with Gasteiger partial charge in [-0.05, 0) is 25.1 Å². The van der Waals surface area contributed by atoms with Crippen LogP contribution in [0.15, 0.2) is 40.2 Å². The van der Waals surface area contributed by atoms with Crippen LogP contribution in [0.4, 0.5) is 18.9 Å². The van der Waals surface area contributed by atoms with Crippen LogP contribution in [-0.2, 0) is 10.9 Å². The molecule has 0 aliphatic carbocycles. The minimum atomic E-state index is -4.40. The van der Waals surface area contributed by atoms with Gasteiger partial charge in [0.2, 0.25) is 5.76 Å². The fraction of sp³-hybridized carbons (Fsp3) is 0.231. The van der Waals surface area contributed by atoms with Crippen molar-refractivity contribution in [2.75, 3.05) is 11.7 Å². The zero-order valence-corrected chi connectivity index (χ0v) is 10.9. The highest BCUT2D eigenvalue weighted by Gasteiger charge is 2.31. The quantitative estimate of drug-likeness (QED) is 0.854. The first kappa shape index (κ1) is 13.5. The summed E-state index contributed by atoms with van der Waals surface area (Å²) < 4.78 is 48.6. The number of ether oxygens (including phenoxy) is 1. The zero-order valence-electron chi connectivity index (χ0n) is 10.9. The Balaban J connectivity index is 1.89. The maximum absolute atomic E-state index is 12.7. The molecule has 3 rings (SSSR count). The Labute approximate surface area is 117 Å². The lowest BCUT2D eigenvalue weighted by molar-refractivity contribution is -0.137. The third-order valence-electron chi connectivity index (χ3n) is 2.95. The van der Waals surface area contributed by atoms with Crippen molar-refractivity contribution in [2.45, 2.75) is 13.1 Å². The molecule has 1 aromatic heterocycles. The van der Waals surface area contributed by atoms with E-state index in [1.807, 2.05) is 0 Å². The number of anilines is 1. The lowest BCUT2D eigenvalue weighted by Crippen LogP contribution is -2.14. The molecule has 21 heavy (non-hydrogen) atoms. The number of halogens is 3. The number of hydrogen-bond donors (Lipinski definition) is 0. The van der Waals surface area contributed by atoms with Crippen molar-refractivity contribution in [1.29, 1.82) is 0 Å². The first-order valence-corrected chi connectivity index (χ1v) is 6.02. The Hall–Kier alpha value is -2.51. The maximum atomic E-state index is 12.7. The van der Waals surface area contributed by atoms with Crippen LogP contribution in [0.2, 0.25) is 0 Å². The molecule has 0 N–H and O–H groups in total. The summed E-state index contributed by atoms with van der Waals surface area (Å²) in [5, 5.41) is 5.44. The van der Waals surface area contributed by atoms with Gasteiger partial charge >= 0.3 is 6.18 Å². The monoisotopic (exact) mass is 297 g/mol. The van der Waals surface area contributed by atoms with Gasteiger partial charge in [0.25, 0.3) is 5.90 Å². The molecule has 0 fully saturated rings. The van der Waals surface area contributed by atoms with Gasteiger partial charge in [-0.3, -0.25) is 0 Å². The molecule has 5 nitrogen and oxygen atoms in total. The van der Waals surface area contributed by atoms with E-state index in [9.17, 15) is 13.2 Å². The van der Waals surface area contributed by atoms with Gasteiger partial charge in [0, 0.05) is 0 Å². The molecule has 0 amide bonds. The average Bonchev–Trinajstić information content (AvgIpc) is 3.06. The van der Waals surface area contributed by atoms with Gasteiger partial charge in [-0.25, -0.2) is 9.99 Å². The third-order valence-corrected chi connectivity index (χ3v) is 2.95. The number of aryl methyl sites for hydroxylation is 1. The molecule has 2 aromatic rings. The molecule has 110 valence electrons. The van der Waals surface area contributed by atoms with Gasteiger partial charge in [-0.2, -0.15) is 13.2 Å². The van der Waals surface area contributed by atoms with E-state index in [0.717, 1.165) is 12.1 Å². The Bertz CT molecular complexity index is 694. The number of aromatic nitrogens is 1. The Morgan fingerprint density at radius 1 is 1.29 bits per heavy atom. The Morgan fingerprint density at radius 2 is 2.10 bits per heavy atom. The van der Waals surface area contributed by atoms with Crippen LogP contribution >= 0.6 is 0 Å². The number of alkyl halides is 3. The van der Waals surface area contributed by atoms with E-state index in [2.05, 4.69) is 10.1 Å². The van der Waals surface area contributed by atoms with Crippen molar-refractivity contribution in [3.05, 3.63) is 47.7 Å². The number of oxazole rings is 1. The minimum Gasteiger partial charge on any atom is -0.451 e. The van der Waals surface area contributed by atoms with Crippen LogP contribution in [0.1, 0.15) is 17.0 Å². The van der Waals surface area contributed by atoms with Gasteiger partial charge in [-0.15, -0.1) is 5.10 Å². The molecule has 0 radical (unpaired) electrons. The van der Waals surface area contributed by atoms with Crippen molar-refractivity contribution in [2.24, 2.45) is 5.10 Å². The summed E-state index contributed by atoms with van der Waals surface area (Å²) >= 11 is 0. The van der Waals surface area contributed by atoms with E-state index >= 15 is 0 Å². The number of hydrogen-bond acceptors (Lipinski definition) is 5. The summed E-state index contributed by atoms with van der Waals surface area (Å²) in [6.45, 7) is 1.73. The van der Waals surface area contributed by atoms with Crippen molar-refractivity contribution < 1.29 is 22.3 Å². The number of rotatable bonds is 2. The number of nitrogens with zero attached hydrogens (tertiary/aromatic N) is 3. The summed E-state index contributed by atoms with van der Waals surface area (Å²) in [4.78, 5) is 3.91. The average molecular weight is 297 g/mol. The van der Waals surface area contributed by atoms with E-state index in [0.29, 0.717) is 11.5 Å². The van der Waals surface area contributed by atoms with E-state index < -0.39 is 11.7 Å². The first-order valence-electron chi connectivity index (χ1n) is 6.02. The molecule has 8 heteroatoms. The fourth-order valence-corrected chi connectivity index (χ4v) is 1.88. The van der Waals surface area contributed by atoms with Gasteiger partial charge in [-0.1, -0.05) is 6.07 Å². The van der Waals surface area contributed by atoms with Gasteiger partial charge in [0.05, 0.1) is 16.9 Å². The standard InChI is InChI=1S/C13H10F3N3O2/c1-8-11(20-6-17-8)12-18-19(7-21-12)10-4-2-3-9(5-10)13(14,15)16/h2-6H,7H2,1H3. The van der Waals surface area contributed by atoms with Crippen molar-refractivity contribution in [3.8, 4) is 0 Å². The smallest absolute Gasteiger partial charge is 0.416 e. The molecule has 1 aliphatic rings. The highest BCUT2D eigenvalue weighted by atomic mass is 19.4. The fourth-order valence-electron chi connectivity index (χ4n) is 1.88. The molecule has 0 unspecified atom stereocenters. The summed E-state index contributed by atoms with van der Waals surface area (Å²) in [5.41, 5.74) is 0.149. The van der Waals surface area contributed by atoms with Crippen LogP contribution in [0, 0.1) is 6.92 Å². The first-order chi connectivity index (χ1) is 9.95. The Morgan fingerprint density at radius 3 is 2.76 bits per heavy atom. The number of hydrazone groups is 1. The molecule has 2 heterocycles. The Kier molecular flexibility index (Phi) is 3.08. The molecule has 0 bridgehead atoms. The van der Waals surface area contributed by atoms with E-state index in [-0.39, 0.29) is 18.3 Å². The molecule has 0 atom stereocenters. The van der Waals surface area contributed by atoms with Crippen LogP contribution in [0.5, 0.6) is 0 Å². The highest BCUT2D eigenvalue weighted by Crippen LogP contribution is 2.32. The molecular formula is C13H10F3N3O2. The van der Waals surface area contributed by atoms with Crippen LogP contribution in [0.25, 0.3) is 0 Å². The van der Waals surface area contributed by atoms with Crippen LogP contribution in [0.3, 0.4) is 0 Å². The molecular weight excluding hydrogens is 287 g/mol. The van der Waals surface area contributed by atoms with Crippen molar-refractivity contribution >= 4 is 11.6 Å². The van der Waals surface area contributed by atoms with Crippen molar-refractivity contribution in [3.63, 3.8) is 0 Å². The molecule has 0 saturated heterocycles. The normalized spacial score (nSPS) is 15.0. The summed E-state index contributed by atoms with van der Waals surface area (Å²) in [5.74, 6) is 0.562. The summed E-state index contributed by atoms with van der Waals surface area (Å²) in [7, 11) is 0. The van der Waals surface area contributed by atoms with Gasteiger partial charge in [0.15, 0.2) is 13.1 Å². The van der Waals surface area contributed by atoms with E-state index in [1.165, 1.54) is 23.5 Å². The molecule has 1 aliphatic heterocycles. The maximum Gasteiger partial charge on any atom is 0.416 e. The SMILES string of the molecule is Cc1ncoc1C1=NN(c2cccc(C(F)(F)F)c2)CO1. The topological polar surface area (TPSA) is 50.9 Å². The van der Waals surface area contributed by atoms with Crippen molar-refractivity contribution in [1.82, 2.24) is 4.98 Å². The molecule has 1 aromatic carbocycles. The predicted molar refractivity (Wildman–Crippen MR) is 67.7 cm³/mol. The number of benzene rings is 1. The predicted octanol–water partition coefficient (Wildman–Crippen LogP) is 3.16. The minimum absolute atomic E-state index is 0.0107. The highest BCUT2D eigenvalue weighted by molar-refractivity contribution is 5.94. The lowest BCUT2D eigenvalue weighted by Gasteiger charge is -2.13. The summed E-state index contributed by atoms with van der Waals surface area (Å²) in [6.07, 6.45) is -3.14. The second-order valence-corrected chi connectivity index (χ2v) is 4.39. The molecule has 0 spiro atoms. The third kappa shape index (κ3) is 2.56. The van der Waals surface area contributed by atoms with E-state index in [1.54, 1.807) is 6.92 Å². The van der Waals surface area contributed by atoms with E-state index in [4.69, 9.17) is 9.15 Å². The largest absolute Gasteiger partial charge is 0.451 e. The second kappa shape index (κ2) is 4.80. The van der Waals surface area contributed by atoms with Crippen LogP contribution < -0.4 is 5.01 Å². The lowest BCUT2D eigenvalue weighted by atomic mass is 10.2. The zero-order chi connectivity index (χ0) is 15.0. The van der Waals surface area contributed by atoms with Crippen LogP contribution in [-0.4, -0.2) is 17.6 Å². The van der Waals surface area contributed by atoms with Gasteiger partial charge in [0.1, 0.15) is 0 Å². The molecule has 0 saturated carbocycles. The summed E-state index contributed by atoms with van der Waals surface area (Å²) in [6, 6.07) is 4.87. The van der Waals surface area contributed by atoms with Gasteiger partial charge < -0.3 is 9.15 Å².